The van der Waals surface area contributed by atoms with Gasteiger partial charge in [0.15, 0.2) is 18.1 Å². The molecule has 36 heavy (non-hydrogen) atoms. The summed E-state index contributed by atoms with van der Waals surface area (Å²) in [5.41, 5.74) is -0.410. The van der Waals surface area contributed by atoms with E-state index >= 15 is 0 Å². The van der Waals surface area contributed by atoms with Crippen molar-refractivity contribution < 1.29 is 31.4 Å². The summed E-state index contributed by atoms with van der Waals surface area (Å²) >= 11 is 0. The Kier molecular flexibility index (Phi) is 5.05. The number of aromatic nitrogens is 3. The number of morpholine rings is 1. The lowest BCUT2D eigenvalue weighted by Crippen LogP contribution is -2.38. The number of fused-ring (bicyclic) bond motifs is 4. The Hall–Kier alpha value is -3.28. The fourth-order valence-electron chi connectivity index (χ4n) is 5.28. The lowest BCUT2D eigenvalue weighted by Gasteiger charge is -2.31. The van der Waals surface area contributed by atoms with E-state index in [0.717, 1.165) is 0 Å². The van der Waals surface area contributed by atoms with E-state index in [2.05, 4.69) is 20.5 Å². The van der Waals surface area contributed by atoms with Gasteiger partial charge in [-0.05, 0) is 32.4 Å². The van der Waals surface area contributed by atoms with E-state index in [-0.39, 0.29) is 46.2 Å². The van der Waals surface area contributed by atoms with E-state index < -0.39 is 30.4 Å². The van der Waals surface area contributed by atoms with Gasteiger partial charge in [-0.1, -0.05) is 12.1 Å². The first kappa shape index (κ1) is 23.1. The molecule has 0 aliphatic carbocycles. The summed E-state index contributed by atoms with van der Waals surface area (Å²) in [6.45, 7) is 3.24. The van der Waals surface area contributed by atoms with E-state index in [1.165, 1.54) is 18.2 Å². The highest BCUT2D eigenvalue weighted by Gasteiger charge is 2.45. The van der Waals surface area contributed by atoms with E-state index in [1.54, 1.807) is 24.8 Å². The molecule has 2 bridgehead atoms. The number of nitrogens with zero attached hydrogens (tertiary/aromatic N) is 4. The summed E-state index contributed by atoms with van der Waals surface area (Å²) in [5, 5.41) is 11.7. The van der Waals surface area contributed by atoms with Gasteiger partial charge >= 0.3 is 12.1 Å². The van der Waals surface area contributed by atoms with Gasteiger partial charge in [-0.3, -0.25) is 0 Å². The number of rotatable bonds is 4. The topological polar surface area (TPSA) is 72.4 Å². The molecule has 7 nitrogen and oxygen atoms in total. The van der Waals surface area contributed by atoms with Crippen molar-refractivity contribution in [2.75, 3.05) is 30.0 Å². The van der Waals surface area contributed by atoms with Crippen molar-refractivity contribution >= 4 is 22.4 Å². The molecule has 3 atom stereocenters. The second kappa shape index (κ2) is 7.86. The van der Waals surface area contributed by atoms with E-state index in [0.29, 0.717) is 30.5 Å². The molecule has 3 aromatic rings. The summed E-state index contributed by atoms with van der Waals surface area (Å²) in [7, 11) is 0. The standard InChI is InChI=1S/C24H22F5N5O2/c1-11(15-4-3-5-17-20(15)36-10-23(17,25)26)30-22-16-7-18(34-8-14-6-13(34)9-35-14)21(24(27,28)29)31-19(16)12(2)32-33-22/h3-5,7,11,13-14H,6,8-10H2,1-2H3,(H,30,33)/t11-,13?,14?/m1/s1. The fraction of sp³-hybridized carbons (Fsp3) is 0.458. The molecular weight excluding hydrogens is 485 g/mol. The largest absolute Gasteiger partial charge is 0.486 e. The molecule has 3 aliphatic heterocycles. The predicted octanol–water partition coefficient (Wildman–Crippen LogP) is 4.99. The van der Waals surface area contributed by atoms with Crippen LogP contribution in [0, 0.1) is 6.92 Å². The number of aryl methyl sites for hydroxylation is 1. The van der Waals surface area contributed by atoms with Gasteiger partial charge in [-0.2, -0.15) is 27.1 Å². The lowest BCUT2D eigenvalue weighted by molar-refractivity contribution is -0.140. The van der Waals surface area contributed by atoms with Crippen LogP contribution in [0.5, 0.6) is 5.75 Å². The van der Waals surface area contributed by atoms with Gasteiger partial charge in [-0.15, -0.1) is 5.10 Å². The van der Waals surface area contributed by atoms with Crippen molar-refractivity contribution in [2.45, 2.75) is 50.6 Å². The number of alkyl halides is 5. The summed E-state index contributed by atoms with van der Waals surface area (Å²) in [6.07, 6.45) is -4.12. The SMILES string of the molecule is Cc1nnc(N[C@H](C)c2cccc3c2OCC3(F)F)c2cc(N3CC4CC3CO4)c(C(F)(F)F)nc12. The highest BCUT2D eigenvalue weighted by atomic mass is 19.4. The maximum absolute atomic E-state index is 14.2. The number of ether oxygens (including phenoxy) is 2. The second-order valence-electron chi connectivity index (χ2n) is 9.46. The minimum absolute atomic E-state index is 0.0301. The number of nitrogens with one attached hydrogen (secondary N) is 1. The van der Waals surface area contributed by atoms with Crippen molar-refractivity contribution in [1.82, 2.24) is 15.2 Å². The molecule has 0 spiro atoms. The summed E-state index contributed by atoms with van der Waals surface area (Å²) in [4.78, 5) is 5.72. The number of pyridine rings is 1. The monoisotopic (exact) mass is 507 g/mol. The molecule has 0 radical (unpaired) electrons. The summed E-state index contributed by atoms with van der Waals surface area (Å²) < 4.78 is 81.4. The highest BCUT2D eigenvalue weighted by molar-refractivity contribution is 5.93. The van der Waals surface area contributed by atoms with Crippen LogP contribution in [0.3, 0.4) is 0 Å². The Morgan fingerprint density at radius 2 is 2.03 bits per heavy atom. The van der Waals surface area contributed by atoms with Crippen molar-refractivity contribution in [1.29, 1.82) is 0 Å². The molecule has 190 valence electrons. The van der Waals surface area contributed by atoms with Gasteiger partial charge in [0.25, 0.3) is 0 Å². The van der Waals surface area contributed by atoms with Crippen molar-refractivity contribution in [3.05, 3.63) is 46.8 Å². The number of hydrogen-bond acceptors (Lipinski definition) is 7. The minimum Gasteiger partial charge on any atom is -0.486 e. The van der Waals surface area contributed by atoms with Crippen LogP contribution in [0.25, 0.3) is 10.9 Å². The molecular formula is C24H22F5N5O2. The first-order valence-electron chi connectivity index (χ1n) is 11.6. The first-order valence-corrected chi connectivity index (χ1v) is 11.6. The Morgan fingerprint density at radius 1 is 1.22 bits per heavy atom. The van der Waals surface area contributed by atoms with Gasteiger partial charge in [0.1, 0.15) is 5.75 Å². The molecule has 2 saturated heterocycles. The normalized spacial score (nSPS) is 23.1. The smallest absolute Gasteiger partial charge is 0.435 e. The fourth-order valence-corrected chi connectivity index (χ4v) is 5.28. The van der Waals surface area contributed by atoms with Crippen LogP contribution in [0.4, 0.5) is 33.5 Å². The number of halogens is 5. The zero-order valence-electron chi connectivity index (χ0n) is 19.4. The zero-order chi connectivity index (χ0) is 25.4. The maximum atomic E-state index is 14.2. The molecule has 2 unspecified atom stereocenters. The van der Waals surface area contributed by atoms with Gasteiger partial charge < -0.3 is 19.7 Å². The van der Waals surface area contributed by atoms with Gasteiger partial charge in [0.2, 0.25) is 0 Å². The summed E-state index contributed by atoms with van der Waals surface area (Å²) in [5.74, 6) is -2.79. The lowest BCUT2D eigenvalue weighted by atomic mass is 10.0. The Balaban J connectivity index is 1.44. The van der Waals surface area contributed by atoms with Crippen molar-refractivity contribution in [3.8, 4) is 5.75 Å². The molecule has 5 heterocycles. The molecule has 12 heteroatoms. The quantitative estimate of drug-likeness (QED) is 0.499. The van der Waals surface area contributed by atoms with Crippen LogP contribution < -0.4 is 15.0 Å². The third-order valence-electron chi connectivity index (χ3n) is 7.04. The second-order valence-corrected chi connectivity index (χ2v) is 9.46. The maximum Gasteiger partial charge on any atom is 0.435 e. The molecule has 2 fully saturated rings. The number of para-hydroxylation sites is 1. The van der Waals surface area contributed by atoms with Gasteiger partial charge in [0.05, 0.1) is 47.3 Å². The van der Waals surface area contributed by atoms with Crippen LogP contribution in [0.15, 0.2) is 24.3 Å². The number of anilines is 2. The van der Waals surface area contributed by atoms with Crippen LogP contribution in [0.1, 0.15) is 41.9 Å². The molecule has 3 aliphatic rings. The third kappa shape index (κ3) is 3.61. The molecule has 1 aromatic carbocycles. The number of hydrogen-bond donors (Lipinski definition) is 1. The van der Waals surface area contributed by atoms with Gasteiger partial charge in [0, 0.05) is 17.5 Å². The van der Waals surface area contributed by atoms with Crippen molar-refractivity contribution in [2.24, 2.45) is 0 Å². The average molecular weight is 507 g/mol. The molecule has 1 N–H and O–H groups in total. The molecule has 0 saturated carbocycles. The average Bonchev–Trinajstić information content (AvgIpc) is 3.54. The zero-order valence-corrected chi connectivity index (χ0v) is 19.4. The van der Waals surface area contributed by atoms with E-state index in [9.17, 15) is 22.0 Å². The molecule has 0 amide bonds. The molecule has 6 rings (SSSR count). The Morgan fingerprint density at radius 3 is 2.72 bits per heavy atom. The Bertz CT molecular complexity index is 1360. The van der Waals surface area contributed by atoms with Crippen LogP contribution in [0.2, 0.25) is 0 Å². The Labute approximate surface area is 202 Å². The van der Waals surface area contributed by atoms with E-state index in [4.69, 9.17) is 9.47 Å². The summed E-state index contributed by atoms with van der Waals surface area (Å²) in [6, 6.07) is 5.23. The van der Waals surface area contributed by atoms with Crippen LogP contribution in [-0.2, 0) is 16.8 Å². The van der Waals surface area contributed by atoms with Crippen LogP contribution in [-0.4, -0.2) is 47.1 Å². The minimum atomic E-state index is -4.67. The van der Waals surface area contributed by atoms with Gasteiger partial charge in [-0.25, -0.2) is 4.98 Å². The predicted molar refractivity (Wildman–Crippen MR) is 120 cm³/mol. The molecule has 2 aromatic heterocycles. The first-order chi connectivity index (χ1) is 17.0. The van der Waals surface area contributed by atoms with E-state index in [1.807, 2.05) is 0 Å². The van der Waals surface area contributed by atoms with Crippen molar-refractivity contribution in [3.63, 3.8) is 0 Å². The number of benzene rings is 1. The third-order valence-corrected chi connectivity index (χ3v) is 7.04. The highest BCUT2D eigenvalue weighted by Crippen LogP contribution is 2.46. The van der Waals surface area contributed by atoms with Crippen LogP contribution >= 0.6 is 0 Å².